The second kappa shape index (κ2) is 7.77. The molecule has 0 aliphatic heterocycles. The number of carbonyl (C=O) groups excluding carboxylic acids is 1. The second-order valence-corrected chi connectivity index (χ2v) is 6.30. The quantitative estimate of drug-likeness (QED) is 0.456. The molecule has 1 atom stereocenters. The number of benzene rings is 1. The van der Waals surface area contributed by atoms with Gasteiger partial charge in [-0.25, -0.2) is 0 Å². The van der Waals surface area contributed by atoms with Crippen molar-refractivity contribution < 1.29 is 9.53 Å². The van der Waals surface area contributed by atoms with Crippen LogP contribution in [0.25, 0.3) is 0 Å². The van der Waals surface area contributed by atoms with Gasteiger partial charge >= 0.3 is 5.97 Å². The molecule has 1 unspecified atom stereocenters. The van der Waals surface area contributed by atoms with Crippen LogP contribution in [0.1, 0.15) is 18.1 Å². The van der Waals surface area contributed by atoms with Gasteiger partial charge < -0.3 is 4.74 Å². The third-order valence-electron chi connectivity index (χ3n) is 2.19. The molecule has 0 bridgehead atoms. The fourth-order valence-corrected chi connectivity index (χ4v) is 2.10. The molecule has 1 aromatic carbocycles. The predicted molar refractivity (Wildman–Crippen MR) is 76.7 cm³/mol. The van der Waals surface area contributed by atoms with Crippen LogP contribution < -0.4 is 0 Å². The molecule has 1 aromatic rings. The Kier molecular flexibility index (Phi) is 6.66. The van der Waals surface area contributed by atoms with E-state index >= 15 is 0 Å². The highest BCUT2D eigenvalue weighted by Gasteiger charge is 2.08. The Hall–Kier alpha value is -0.480. The molecule has 0 heterocycles. The minimum atomic E-state index is -0.218. The Morgan fingerprint density at radius 2 is 2.06 bits per heavy atom. The van der Waals surface area contributed by atoms with Crippen LogP contribution in [0.3, 0.4) is 0 Å². The van der Waals surface area contributed by atoms with Gasteiger partial charge in [0.15, 0.2) is 0 Å². The molecule has 0 spiro atoms. The maximum atomic E-state index is 11.1. The number of hydrogen-bond donors (Lipinski definition) is 0. The minimum absolute atomic E-state index is 0.194. The van der Waals surface area contributed by atoms with Crippen molar-refractivity contribution in [2.75, 3.05) is 12.4 Å². The van der Waals surface area contributed by atoms with Crippen molar-refractivity contribution in [1.29, 1.82) is 0 Å². The van der Waals surface area contributed by atoms with Crippen LogP contribution in [0.15, 0.2) is 24.3 Å². The largest absolute Gasteiger partial charge is 0.464 e. The summed E-state index contributed by atoms with van der Waals surface area (Å²) in [6.07, 6.45) is 0. The first kappa shape index (κ1) is 14.6. The van der Waals surface area contributed by atoms with Crippen LogP contribution in [0, 0.1) is 6.92 Å². The van der Waals surface area contributed by atoms with Gasteiger partial charge in [0.25, 0.3) is 0 Å². The number of aryl methyl sites for hydroxylation is 1. The highest BCUT2D eigenvalue weighted by molar-refractivity contribution is 9.10. The Bertz CT molecular complexity index is 349. The number of ether oxygens (including phenoxy) is 1. The van der Waals surface area contributed by atoms with E-state index in [1.807, 2.05) is 0 Å². The lowest BCUT2D eigenvalue weighted by Gasteiger charge is -2.06. The predicted octanol–water partition coefficient (Wildman–Crippen LogP) is 3.55. The average molecular weight is 317 g/mol. The fraction of sp³-hybridized carbons (Fsp3) is 0.462. The van der Waals surface area contributed by atoms with Crippen LogP contribution in [0.2, 0.25) is 0 Å². The van der Waals surface area contributed by atoms with E-state index in [4.69, 9.17) is 4.74 Å². The van der Waals surface area contributed by atoms with Crippen LogP contribution >= 0.6 is 27.7 Å². The Labute approximate surface area is 115 Å². The highest BCUT2D eigenvalue weighted by atomic mass is 79.9. The van der Waals surface area contributed by atoms with E-state index < -0.39 is 0 Å². The maximum absolute atomic E-state index is 11.1. The summed E-state index contributed by atoms with van der Waals surface area (Å²) in [4.78, 5) is 10.9. The van der Waals surface area contributed by atoms with Crippen LogP contribution in [-0.4, -0.2) is 23.2 Å². The van der Waals surface area contributed by atoms with E-state index in [1.54, 1.807) is 18.7 Å². The summed E-state index contributed by atoms with van der Waals surface area (Å²) in [5.41, 5.74) is 2.58. The number of halogens is 1. The zero-order valence-corrected chi connectivity index (χ0v) is 12.5. The van der Waals surface area contributed by atoms with Crippen LogP contribution in [-0.2, 0) is 15.3 Å². The normalized spacial score (nSPS) is 12.2. The van der Waals surface area contributed by atoms with E-state index in [9.17, 15) is 4.79 Å². The summed E-state index contributed by atoms with van der Waals surface area (Å²) in [6.45, 7) is 4.32. The molecule has 0 aliphatic carbocycles. The van der Waals surface area contributed by atoms with Crippen molar-refractivity contribution in [1.82, 2.24) is 0 Å². The van der Waals surface area contributed by atoms with Crippen molar-refractivity contribution in [3.05, 3.63) is 35.4 Å². The molecule has 0 saturated carbocycles. The molecule has 1 rings (SSSR count). The molecule has 0 radical (unpaired) electrons. The van der Waals surface area contributed by atoms with E-state index in [0.29, 0.717) is 6.61 Å². The summed E-state index contributed by atoms with van der Waals surface area (Å²) >= 11 is 4.94. The summed E-state index contributed by atoms with van der Waals surface area (Å²) in [5.74, 6) is 1.60. The molecule has 0 aromatic heterocycles. The van der Waals surface area contributed by atoms with Crippen molar-refractivity contribution in [3.63, 3.8) is 0 Å². The maximum Gasteiger partial charge on any atom is 0.319 e. The summed E-state index contributed by atoms with van der Waals surface area (Å²) in [7, 11) is 0. The van der Waals surface area contributed by atoms with Crippen LogP contribution in [0.5, 0.6) is 0 Å². The molecule has 2 nitrogen and oxygen atoms in total. The molecule has 0 aliphatic rings. The molecule has 17 heavy (non-hydrogen) atoms. The Balaban J connectivity index is 2.12. The van der Waals surface area contributed by atoms with Gasteiger partial charge in [-0.2, -0.15) is 11.8 Å². The van der Waals surface area contributed by atoms with Crippen molar-refractivity contribution in [2.24, 2.45) is 0 Å². The first-order valence-electron chi connectivity index (χ1n) is 5.53. The zero-order valence-electron chi connectivity index (χ0n) is 10.1. The van der Waals surface area contributed by atoms with Gasteiger partial charge in [-0.05, 0) is 19.4 Å². The Morgan fingerprint density at radius 3 is 2.65 bits per heavy atom. The zero-order chi connectivity index (χ0) is 12.7. The number of thioether (sulfide) groups is 1. The first-order valence-corrected chi connectivity index (χ1v) is 7.60. The summed E-state index contributed by atoms with van der Waals surface area (Å²) in [5, 5.41) is 0. The fourth-order valence-electron chi connectivity index (χ4n) is 1.19. The number of rotatable bonds is 6. The van der Waals surface area contributed by atoms with E-state index in [-0.39, 0.29) is 10.8 Å². The molecule has 0 amide bonds. The van der Waals surface area contributed by atoms with E-state index in [2.05, 4.69) is 47.1 Å². The average Bonchev–Trinajstić information content (AvgIpc) is 2.30. The molecule has 0 N–H and O–H groups in total. The van der Waals surface area contributed by atoms with Crippen molar-refractivity contribution >= 4 is 33.7 Å². The second-order valence-electron chi connectivity index (χ2n) is 3.82. The van der Waals surface area contributed by atoms with Crippen molar-refractivity contribution in [2.45, 2.75) is 24.4 Å². The third-order valence-corrected chi connectivity index (χ3v) is 3.55. The minimum Gasteiger partial charge on any atom is -0.464 e. The molecule has 0 saturated heterocycles. The van der Waals surface area contributed by atoms with E-state index in [0.717, 1.165) is 11.5 Å². The summed E-state index contributed by atoms with van der Waals surface area (Å²) in [6, 6.07) is 8.49. The Morgan fingerprint density at radius 1 is 1.41 bits per heavy atom. The van der Waals surface area contributed by atoms with Gasteiger partial charge in [-0.15, -0.1) is 0 Å². The highest BCUT2D eigenvalue weighted by Crippen LogP contribution is 2.13. The van der Waals surface area contributed by atoms with Gasteiger partial charge in [0, 0.05) is 11.5 Å². The van der Waals surface area contributed by atoms with Gasteiger partial charge in [0.2, 0.25) is 0 Å². The van der Waals surface area contributed by atoms with E-state index in [1.165, 1.54) is 11.1 Å². The third kappa shape index (κ3) is 6.13. The topological polar surface area (TPSA) is 26.3 Å². The van der Waals surface area contributed by atoms with Crippen LogP contribution in [0.4, 0.5) is 0 Å². The number of esters is 1. The molecule has 0 fully saturated rings. The lowest BCUT2D eigenvalue weighted by atomic mass is 10.2. The smallest absolute Gasteiger partial charge is 0.319 e. The van der Waals surface area contributed by atoms with Gasteiger partial charge in [-0.3, -0.25) is 4.79 Å². The number of alkyl halides is 1. The van der Waals surface area contributed by atoms with Gasteiger partial charge in [0.05, 0.1) is 0 Å². The lowest BCUT2D eigenvalue weighted by Crippen LogP contribution is -2.15. The van der Waals surface area contributed by atoms with Gasteiger partial charge in [-0.1, -0.05) is 45.8 Å². The monoisotopic (exact) mass is 316 g/mol. The van der Waals surface area contributed by atoms with Gasteiger partial charge in [0.1, 0.15) is 11.4 Å². The molecular weight excluding hydrogens is 300 g/mol. The lowest BCUT2D eigenvalue weighted by molar-refractivity contribution is -0.141. The summed E-state index contributed by atoms with van der Waals surface area (Å²) < 4.78 is 5.05. The molecular formula is C13H17BrO2S. The molecule has 4 heteroatoms. The number of hydrogen-bond acceptors (Lipinski definition) is 3. The first-order chi connectivity index (χ1) is 8.09. The number of carbonyl (C=O) groups is 1. The molecule has 94 valence electrons. The standard InChI is InChI=1S/C13H17BrO2S/c1-10-3-5-12(6-4-10)9-17-8-7-16-13(15)11(2)14/h3-6,11H,7-9H2,1-2H3. The van der Waals surface area contributed by atoms with Crippen molar-refractivity contribution in [3.8, 4) is 0 Å². The SMILES string of the molecule is Cc1ccc(CSCCOC(=O)C(C)Br)cc1.